The van der Waals surface area contributed by atoms with Gasteiger partial charge in [0, 0.05) is 4.90 Å². The van der Waals surface area contributed by atoms with E-state index in [2.05, 4.69) is 40.3 Å². The van der Waals surface area contributed by atoms with Crippen molar-refractivity contribution in [3.05, 3.63) is 35.8 Å². The zero-order valence-corrected chi connectivity index (χ0v) is 12.2. The Balaban J connectivity index is 2.08. The molecule has 0 aliphatic carbocycles. The molecule has 0 radical (unpaired) electrons. The number of rotatable bonds is 2. The number of thiol groups is 1. The molecule has 18 heavy (non-hydrogen) atoms. The standard InChI is InChI=1S/C14H19BO2S/c1-13(2)14(3,4)17-15(16-13)9-8-11-6-5-7-12(18)10-11/h5-10,18H,1-4H3/b9-8+. The Morgan fingerprint density at radius 2 is 1.72 bits per heavy atom. The van der Waals surface area contributed by atoms with Crippen molar-refractivity contribution >= 4 is 25.8 Å². The monoisotopic (exact) mass is 262 g/mol. The summed E-state index contributed by atoms with van der Waals surface area (Å²) in [6.07, 6.45) is 2.00. The van der Waals surface area contributed by atoms with Crippen LogP contribution in [0, 0.1) is 0 Å². The molecule has 0 atom stereocenters. The lowest BCUT2D eigenvalue weighted by Gasteiger charge is -2.32. The molecular weight excluding hydrogens is 243 g/mol. The zero-order chi connectivity index (χ0) is 13.4. The maximum absolute atomic E-state index is 5.89. The Kier molecular flexibility index (Phi) is 3.63. The van der Waals surface area contributed by atoms with Gasteiger partial charge in [0.25, 0.3) is 0 Å². The molecule has 1 saturated heterocycles. The predicted octanol–water partition coefficient (Wildman–Crippen LogP) is 3.62. The van der Waals surface area contributed by atoms with Gasteiger partial charge in [-0.25, -0.2) is 0 Å². The van der Waals surface area contributed by atoms with Gasteiger partial charge < -0.3 is 9.31 Å². The Hall–Kier alpha value is -0.705. The molecule has 0 amide bonds. The first-order valence-corrected chi connectivity index (χ1v) is 6.58. The van der Waals surface area contributed by atoms with Gasteiger partial charge in [-0.2, -0.15) is 0 Å². The Morgan fingerprint density at radius 1 is 1.11 bits per heavy atom. The van der Waals surface area contributed by atoms with Crippen molar-refractivity contribution in [3.8, 4) is 0 Å². The predicted molar refractivity (Wildman–Crippen MR) is 78.8 cm³/mol. The largest absolute Gasteiger partial charge is 0.487 e. The highest BCUT2D eigenvalue weighted by atomic mass is 32.1. The number of benzene rings is 1. The molecule has 4 heteroatoms. The normalized spacial score (nSPS) is 21.7. The van der Waals surface area contributed by atoms with E-state index in [0.717, 1.165) is 10.5 Å². The SMILES string of the molecule is CC1(C)OB(/C=C/c2cccc(S)c2)OC1(C)C. The lowest BCUT2D eigenvalue weighted by molar-refractivity contribution is 0.00578. The van der Waals surface area contributed by atoms with Crippen molar-refractivity contribution in [2.75, 3.05) is 0 Å². The van der Waals surface area contributed by atoms with Crippen LogP contribution in [0.25, 0.3) is 6.08 Å². The summed E-state index contributed by atoms with van der Waals surface area (Å²) in [5.74, 6) is 1.94. The van der Waals surface area contributed by atoms with Crippen LogP contribution in [0.3, 0.4) is 0 Å². The van der Waals surface area contributed by atoms with Crippen LogP contribution in [0.2, 0.25) is 0 Å². The van der Waals surface area contributed by atoms with E-state index < -0.39 is 0 Å². The fourth-order valence-electron chi connectivity index (χ4n) is 1.79. The molecule has 1 heterocycles. The second kappa shape index (κ2) is 4.76. The third-order valence-electron chi connectivity index (χ3n) is 3.59. The molecule has 0 saturated carbocycles. The summed E-state index contributed by atoms with van der Waals surface area (Å²) in [5.41, 5.74) is 0.526. The van der Waals surface area contributed by atoms with Crippen LogP contribution in [-0.4, -0.2) is 18.3 Å². The molecule has 0 spiro atoms. The van der Waals surface area contributed by atoms with Crippen LogP contribution in [0.1, 0.15) is 33.3 Å². The zero-order valence-electron chi connectivity index (χ0n) is 11.3. The molecule has 1 fully saturated rings. The molecule has 1 aromatic carbocycles. The van der Waals surface area contributed by atoms with Crippen molar-refractivity contribution in [3.63, 3.8) is 0 Å². The molecule has 0 bridgehead atoms. The van der Waals surface area contributed by atoms with E-state index in [1.165, 1.54) is 0 Å². The van der Waals surface area contributed by atoms with Crippen molar-refractivity contribution < 1.29 is 9.31 Å². The van der Waals surface area contributed by atoms with Gasteiger partial charge in [-0.1, -0.05) is 24.2 Å². The summed E-state index contributed by atoms with van der Waals surface area (Å²) in [4.78, 5) is 0.950. The summed E-state index contributed by atoms with van der Waals surface area (Å²) in [5, 5.41) is 0. The van der Waals surface area contributed by atoms with Crippen molar-refractivity contribution in [1.82, 2.24) is 0 Å². The Bertz CT molecular complexity index is 453. The topological polar surface area (TPSA) is 18.5 Å². The van der Waals surface area contributed by atoms with Crippen LogP contribution in [0.15, 0.2) is 35.1 Å². The molecule has 0 unspecified atom stereocenters. The van der Waals surface area contributed by atoms with E-state index in [0.29, 0.717) is 0 Å². The Morgan fingerprint density at radius 3 is 2.28 bits per heavy atom. The first-order valence-electron chi connectivity index (χ1n) is 6.13. The van der Waals surface area contributed by atoms with Crippen molar-refractivity contribution in [2.45, 2.75) is 43.8 Å². The third-order valence-corrected chi connectivity index (χ3v) is 3.87. The lowest BCUT2D eigenvalue weighted by atomic mass is 9.89. The summed E-state index contributed by atoms with van der Waals surface area (Å²) < 4.78 is 11.8. The Labute approximate surface area is 115 Å². The number of hydrogen-bond donors (Lipinski definition) is 1. The van der Waals surface area contributed by atoms with Crippen molar-refractivity contribution in [1.29, 1.82) is 0 Å². The molecule has 2 rings (SSSR count). The van der Waals surface area contributed by atoms with E-state index in [1.807, 2.05) is 36.3 Å². The first kappa shape index (κ1) is 13.7. The fraction of sp³-hybridized carbons (Fsp3) is 0.429. The summed E-state index contributed by atoms with van der Waals surface area (Å²) in [6, 6.07) is 7.97. The van der Waals surface area contributed by atoms with Gasteiger partial charge >= 0.3 is 7.12 Å². The van der Waals surface area contributed by atoms with Gasteiger partial charge in [0.1, 0.15) is 0 Å². The quantitative estimate of drug-likeness (QED) is 0.648. The molecule has 1 aliphatic heterocycles. The van der Waals surface area contributed by atoms with E-state index in [9.17, 15) is 0 Å². The van der Waals surface area contributed by atoms with Crippen LogP contribution < -0.4 is 0 Å². The second-order valence-electron chi connectivity index (χ2n) is 5.58. The summed E-state index contributed by atoms with van der Waals surface area (Å²) >= 11 is 4.32. The van der Waals surface area contributed by atoms with Gasteiger partial charge in [-0.05, 0) is 45.4 Å². The minimum atomic E-state index is -0.293. The molecular formula is C14H19BO2S. The van der Waals surface area contributed by atoms with Gasteiger partial charge in [0.15, 0.2) is 0 Å². The lowest BCUT2D eigenvalue weighted by Crippen LogP contribution is -2.41. The van der Waals surface area contributed by atoms with Crippen LogP contribution in [0.5, 0.6) is 0 Å². The smallest absolute Gasteiger partial charge is 0.400 e. The van der Waals surface area contributed by atoms with E-state index in [-0.39, 0.29) is 18.3 Å². The number of hydrogen-bond acceptors (Lipinski definition) is 3. The molecule has 0 N–H and O–H groups in total. The molecule has 1 aromatic rings. The van der Waals surface area contributed by atoms with E-state index in [4.69, 9.17) is 9.31 Å². The van der Waals surface area contributed by atoms with Gasteiger partial charge in [0.05, 0.1) is 11.2 Å². The summed E-state index contributed by atoms with van der Waals surface area (Å²) in [6.45, 7) is 8.20. The maximum Gasteiger partial charge on any atom is 0.487 e. The molecule has 0 aromatic heterocycles. The highest BCUT2D eigenvalue weighted by molar-refractivity contribution is 7.80. The highest BCUT2D eigenvalue weighted by Crippen LogP contribution is 2.37. The highest BCUT2D eigenvalue weighted by Gasteiger charge is 2.49. The summed E-state index contributed by atoms with van der Waals surface area (Å²) in [7, 11) is -0.293. The fourth-order valence-corrected chi connectivity index (χ4v) is 2.02. The van der Waals surface area contributed by atoms with Crippen LogP contribution in [-0.2, 0) is 9.31 Å². The minimum Gasteiger partial charge on any atom is -0.400 e. The average Bonchev–Trinajstić information content (AvgIpc) is 2.45. The van der Waals surface area contributed by atoms with Crippen molar-refractivity contribution in [2.24, 2.45) is 0 Å². The first-order chi connectivity index (χ1) is 8.30. The molecule has 96 valence electrons. The minimum absolute atomic E-state index is 0.284. The van der Waals surface area contributed by atoms with Gasteiger partial charge in [0.2, 0.25) is 0 Å². The molecule has 2 nitrogen and oxygen atoms in total. The van der Waals surface area contributed by atoms with Gasteiger partial charge in [-0.3, -0.25) is 0 Å². The van der Waals surface area contributed by atoms with Crippen LogP contribution in [0.4, 0.5) is 0 Å². The maximum atomic E-state index is 5.89. The average molecular weight is 262 g/mol. The molecule has 1 aliphatic rings. The van der Waals surface area contributed by atoms with Crippen LogP contribution >= 0.6 is 12.6 Å². The second-order valence-corrected chi connectivity index (χ2v) is 6.10. The third kappa shape index (κ3) is 2.82. The van der Waals surface area contributed by atoms with E-state index in [1.54, 1.807) is 0 Å². The van der Waals surface area contributed by atoms with Gasteiger partial charge in [-0.15, -0.1) is 12.6 Å². The van der Waals surface area contributed by atoms with E-state index >= 15 is 0 Å².